The molecule has 0 atom stereocenters. The third kappa shape index (κ3) is 3.15. The van der Waals surface area contributed by atoms with Gasteiger partial charge in [0, 0.05) is 18.1 Å². The SMILES string of the molecule is CCNc1nnc(SCc2nccs2)s1. The fourth-order valence-corrected chi connectivity index (χ4v) is 3.40. The summed E-state index contributed by atoms with van der Waals surface area (Å²) in [6.07, 6.45) is 1.82. The van der Waals surface area contributed by atoms with Crippen LogP contribution in [0.15, 0.2) is 15.9 Å². The lowest BCUT2D eigenvalue weighted by molar-refractivity contribution is 1.00. The van der Waals surface area contributed by atoms with Crippen molar-refractivity contribution in [3.05, 3.63) is 16.6 Å². The molecule has 2 aromatic rings. The first-order valence-electron chi connectivity index (χ1n) is 4.47. The summed E-state index contributed by atoms with van der Waals surface area (Å²) in [5.74, 6) is 0.873. The molecule has 0 aliphatic heterocycles. The lowest BCUT2D eigenvalue weighted by Crippen LogP contribution is -1.94. The van der Waals surface area contributed by atoms with Crippen LogP contribution in [0.25, 0.3) is 0 Å². The molecule has 0 amide bonds. The van der Waals surface area contributed by atoms with Crippen LogP contribution in [0, 0.1) is 0 Å². The Morgan fingerprint density at radius 3 is 3.13 bits per heavy atom. The molecule has 0 saturated carbocycles. The minimum atomic E-state index is 0.873. The molecule has 80 valence electrons. The number of thioether (sulfide) groups is 1. The highest BCUT2D eigenvalue weighted by Crippen LogP contribution is 2.28. The Bertz CT molecular complexity index is 398. The molecule has 2 rings (SSSR count). The minimum absolute atomic E-state index is 0.873. The highest BCUT2D eigenvalue weighted by atomic mass is 32.2. The highest BCUT2D eigenvalue weighted by Gasteiger charge is 2.04. The van der Waals surface area contributed by atoms with Crippen LogP contribution in [-0.4, -0.2) is 21.7 Å². The van der Waals surface area contributed by atoms with Crippen molar-refractivity contribution in [2.24, 2.45) is 0 Å². The number of thiazole rings is 1. The van der Waals surface area contributed by atoms with Crippen LogP contribution in [0.3, 0.4) is 0 Å². The van der Waals surface area contributed by atoms with Crippen LogP contribution in [0.5, 0.6) is 0 Å². The van der Waals surface area contributed by atoms with Crippen molar-refractivity contribution >= 4 is 39.6 Å². The van der Waals surface area contributed by atoms with Gasteiger partial charge in [0.25, 0.3) is 0 Å². The van der Waals surface area contributed by atoms with E-state index in [1.807, 2.05) is 18.5 Å². The molecule has 0 aliphatic rings. The quantitative estimate of drug-likeness (QED) is 0.836. The minimum Gasteiger partial charge on any atom is -0.360 e. The van der Waals surface area contributed by atoms with Gasteiger partial charge in [-0.2, -0.15) is 0 Å². The first-order chi connectivity index (χ1) is 7.38. The number of nitrogens with zero attached hydrogens (tertiary/aromatic N) is 3. The molecule has 2 aromatic heterocycles. The summed E-state index contributed by atoms with van der Waals surface area (Å²) in [6.45, 7) is 2.93. The molecule has 0 unspecified atom stereocenters. The van der Waals surface area contributed by atoms with E-state index in [9.17, 15) is 0 Å². The first-order valence-corrected chi connectivity index (χ1v) is 7.15. The lowest BCUT2D eigenvalue weighted by atomic mass is 10.8. The van der Waals surface area contributed by atoms with E-state index in [4.69, 9.17) is 0 Å². The Morgan fingerprint density at radius 2 is 2.40 bits per heavy atom. The van der Waals surface area contributed by atoms with Gasteiger partial charge in [-0.15, -0.1) is 21.5 Å². The van der Waals surface area contributed by atoms with Crippen molar-refractivity contribution in [2.45, 2.75) is 17.0 Å². The third-order valence-corrected chi connectivity index (χ3v) is 4.52. The molecule has 0 fully saturated rings. The maximum Gasteiger partial charge on any atom is 0.206 e. The van der Waals surface area contributed by atoms with E-state index in [-0.39, 0.29) is 0 Å². The van der Waals surface area contributed by atoms with Crippen molar-refractivity contribution < 1.29 is 0 Å². The Morgan fingerprint density at radius 1 is 1.47 bits per heavy atom. The zero-order valence-corrected chi connectivity index (χ0v) is 10.6. The number of aromatic nitrogens is 3. The number of nitrogens with one attached hydrogen (secondary N) is 1. The topological polar surface area (TPSA) is 50.7 Å². The van der Waals surface area contributed by atoms with Crippen molar-refractivity contribution in [3.63, 3.8) is 0 Å². The summed E-state index contributed by atoms with van der Waals surface area (Å²) in [4.78, 5) is 4.21. The van der Waals surface area contributed by atoms with Gasteiger partial charge in [0.2, 0.25) is 5.13 Å². The maximum atomic E-state index is 4.21. The molecule has 7 heteroatoms. The largest absolute Gasteiger partial charge is 0.360 e. The second kappa shape index (κ2) is 5.43. The van der Waals surface area contributed by atoms with E-state index >= 15 is 0 Å². The lowest BCUT2D eigenvalue weighted by Gasteiger charge is -1.92. The molecule has 15 heavy (non-hydrogen) atoms. The number of hydrogen-bond donors (Lipinski definition) is 1. The van der Waals surface area contributed by atoms with Gasteiger partial charge >= 0.3 is 0 Å². The molecule has 4 nitrogen and oxygen atoms in total. The third-order valence-electron chi connectivity index (χ3n) is 1.54. The maximum absolute atomic E-state index is 4.21. The molecule has 2 heterocycles. The summed E-state index contributed by atoms with van der Waals surface area (Å²) in [5, 5.41) is 15.2. The van der Waals surface area contributed by atoms with Crippen molar-refractivity contribution in [1.82, 2.24) is 15.2 Å². The van der Waals surface area contributed by atoms with Crippen LogP contribution < -0.4 is 5.32 Å². The van der Waals surface area contributed by atoms with Crippen LogP contribution in [0.1, 0.15) is 11.9 Å². The number of hydrogen-bond acceptors (Lipinski definition) is 7. The van der Waals surface area contributed by atoms with Gasteiger partial charge in [0.15, 0.2) is 4.34 Å². The molecule has 0 aromatic carbocycles. The summed E-state index contributed by atoms with van der Waals surface area (Å²) in [6, 6.07) is 0. The predicted molar refractivity (Wildman–Crippen MR) is 65.7 cm³/mol. The van der Waals surface area contributed by atoms with Crippen molar-refractivity contribution in [3.8, 4) is 0 Å². The fraction of sp³-hybridized carbons (Fsp3) is 0.375. The fourth-order valence-electron chi connectivity index (χ4n) is 0.938. The van der Waals surface area contributed by atoms with E-state index in [0.717, 1.165) is 26.8 Å². The van der Waals surface area contributed by atoms with E-state index in [1.54, 1.807) is 34.4 Å². The zero-order chi connectivity index (χ0) is 10.5. The molecule has 0 spiro atoms. The summed E-state index contributed by atoms with van der Waals surface area (Å²) >= 11 is 4.93. The Balaban J connectivity index is 1.88. The summed E-state index contributed by atoms with van der Waals surface area (Å²) in [7, 11) is 0. The van der Waals surface area contributed by atoms with Crippen LogP contribution in [0.2, 0.25) is 0 Å². The van der Waals surface area contributed by atoms with Crippen LogP contribution in [0.4, 0.5) is 5.13 Å². The monoisotopic (exact) mass is 258 g/mol. The van der Waals surface area contributed by atoms with Gasteiger partial charge in [-0.1, -0.05) is 23.1 Å². The van der Waals surface area contributed by atoms with Gasteiger partial charge in [0.1, 0.15) is 5.01 Å². The molecule has 1 N–H and O–H groups in total. The van der Waals surface area contributed by atoms with E-state index in [2.05, 4.69) is 20.5 Å². The molecule has 0 radical (unpaired) electrons. The zero-order valence-electron chi connectivity index (χ0n) is 8.14. The summed E-state index contributed by atoms with van der Waals surface area (Å²) in [5.41, 5.74) is 0. The molecular weight excluding hydrogens is 248 g/mol. The molecular formula is C8H10N4S3. The van der Waals surface area contributed by atoms with Gasteiger partial charge < -0.3 is 5.32 Å². The van der Waals surface area contributed by atoms with E-state index < -0.39 is 0 Å². The van der Waals surface area contributed by atoms with Gasteiger partial charge in [-0.3, -0.25) is 0 Å². The predicted octanol–water partition coefficient (Wildman–Crippen LogP) is 2.72. The van der Waals surface area contributed by atoms with Crippen LogP contribution in [-0.2, 0) is 5.75 Å². The Hall–Kier alpha value is -0.660. The normalized spacial score (nSPS) is 10.5. The average molecular weight is 258 g/mol. The molecule has 0 saturated heterocycles. The second-order valence-electron chi connectivity index (χ2n) is 2.62. The second-order valence-corrected chi connectivity index (χ2v) is 5.80. The number of anilines is 1. The summed E-state index contributed by atoms with van der Waals surface area (Å²) < 4.78 is 0.987. The Labute approximate surface area is 100 Å². The average Bonchev–Trinajstić information content (AvgIpc) is 2.85. The molecule has 0 bridgehead atoms. The van der Waals surface area contributed by atoms with Crippen molar-refractivity contribution in [2.75, 3.05) is 11.9 Å². The standard InChI is InChI=1S/C8H10N4S3/c1-2-9-7-11-12-8(15-7)14-5-6-10-3-4-13-6/h3-4H,2,5H2,1H3,(H,9,11). The highest BCUT2D eigenvalue weighted by molar-refractivity contribution is 8.00. The van der Waals surface area contributed by atoms with Gasteiger partial charge in [-0.25, -0.2) is 4.98 Å². The van der Waals surface area contributed by atoms with Crippen molar-refractivity contribution in [1.29, 1.82) is 0 Å². The van der Waals surface area contributed by atoms with Gasteiger partial charge in [-0.05, 0) is 6.92 Å². The number of rotatable bonds is 5. The van der Waals surface area contributed by atoms with Crippen LogP contribution >= 0.6 is 34.4 Å². The van der Waals surface area contributed by atoms with E-state index in [1.165, 1.54) is 0 Å². The Kier molecular flexibility index (Phi) is 3.93. The molecule has 0 aliphatic carbocycles. The van der Waals surface area contributed by atoms with Gasteiger partial charge in [0.05, 0.1) is 5.75 Å². The first kappa shape index (κ1) is 10.8. The smallest absolute Gasteiger partial charge is 0.206 e. The van der Waals surface area contributed by atoms with E-state index in [0.29, 0.717) is 0 Å².